The number of hydrogen-bond acceptors (Lipinski definition) is 4. The molecule has 0 aliphatic rings. The Hall–Kier alpha value is -0.210. The lowest BCUT2D eigenvalue weighted by molar-refractivity contribution is 0.219. The molecule has 0 radical (unpaired) electrons. The van der Waals surface area contributed by atoms with Crippen molar-refractivity contribution in [1.82, 2.24) is 9.44 Å². The van der Waals surface area contributed by atoms with Crippen molar-refractivity contribution in [3.05, 3.63) is 0 Å². The van der Waals surface area contributed by atoms with Crippen LogP contribution in [-0.4, -0.2) is 43.9 Å². The summed E-state index contributed by atoms with van der Waals surface area (Å²) in [6.07, 6.45) is 0. The van der Waals surface area contributed by atoms with Crippen LogP contribution in [0.1, 0.15) is 27.7 Å². The van der Waals surface area contributed by atoms with Crippen LogP contribution in [0.2, 0.25) is 0 Å². The molecule has 0 rings (SSSR count). The predicted molar refractivity (Wildman–Crippen MR) is 66.6 cm³/mol. The Morgan fingerprint density at radius 1 is 0.882 bits per heavy atom. The summed E-state index contributed by atoms with van der Waals surface area (Å²) in [4.78, 5) is 0. The zero-order valence-electron chi connectivity index (χ0n) is 10.8. The van der Waals surface area contributed by atoms with Crippen LogP contribution in [0.25, 0.3) is 0 Å². The standard InChI is InChI=1S/C10H24N2O4S/c1-7(2)9(5-13)11-17(15,16)12-10(6-14)8(3)4/h7-14H,5-6H2,1-4H3/t9-,10-/m1/s1. The largest absolute Gasteiger partial charge is 0.395 e. The first-order chi connectivity index (χ1) is 7.73. The summed E-state index contributed by atoms with van der Waals surface area (Å²) < 4.78 is 28.2. The molecular formula is C10H24N2O4S. The molecule has 0 aromatic rings. The van der Waals surface area contributed by atoms with Crippen LogP contribution >= 0.6 is 0 Å². The molecule has 0 aromatic heterocycles. The van der Waals surface area contributed by atoms with Gasteiger partial charge in [0.25, 0.3) is 10.2 Å². The summed E-state index contributed by atoms with van der Waals surface area (Å²) in [5, 5.41) is 18.1. The van der Waals surface area contributed by atoms with Gasteiger partial charge in [0.05, 0.1) is 13.2 Å². The van der Waals surface area contributed by atoms with Gasteiger partial charge in [-0.1, -0.05) is 27.7 Å². The van der Waals surface area contributed by atoms with Gasteiger partial charge in [-0.2, -0.15) is 17.9 Å². The molecule has 0 aromatic carbocycles. The van der Waals surface area contributed by atoms with Gasteiger partial charge in [0.2, 0.25) is 0 Å². The molecule has 0 bridgehead atoms. The van der Waals surface area contributed by atoms with Gasteiger partial charge in [0.1, 0.15) is 0 Å². The molecule has 0 heterocycles. The van der Waals surface area contributed by atoms with Crippen molar-refractivity contribution in [2.24, 2.45) is 11.8 Å². The van der Waals surface area contributed by atoms with Gasteiger partial charge in [0, 0.05) is 12.1 Å². The average Bonchev–Trinajstić information content (AvgIpc) is 2.22. The Bertz CT molecular complexity index is 279. The monoisotopic (exact) mass is 268 g/mol. The highest BCUT2D eigenvalue weighted by molar-refractivity contribution is 7.87. The SMILES string of the molecule is CC(C)[C@@H](CO)NS(=O)(=O)N[C@H](CO)C(C)C. The fourth-order valence-corrected chi connectivity index (χ4v) is 2.76. The summed E-state index contributed by atoms with van der Waals surface area (Å²) in [7, 11) is -3.71. The summed E-state index contributed by atoms with van der Waals surface area (Å²) in [5.41, 5.74) is 0. The van der Waals surface area contributed by atoms with E-state index in [1.54, 1.807) is 0 Å². The van der Waals surface area contributed by atoms with E-state index in [0.717, 1.165) is 0 Å². The van der Waals surface area contributed by atoms with Crippen LogP contribution in [0.5, 0.6) is 0 Å². The molecule has 0 aliphatic heterocycles. The van der Waals surface area contributed by atoms with E-state index in [4.69, 9.17) is 10.2 Å². The Morgan fingerprint density at radius 3 is 1.35 bits per heavy atom. The molecule has 0 spiro atoms. The van der Waals surface area contributed by atoms with Gasteiger partial charge in [-0.15, -0.1) is 0 Å². The van der Waals surface area contributed by atoms with E-state index in [0.29, 0.717) is 0 Å². The summed E-state index contributed by atoms with van der Waals surface area (Å²) in [5.74, 6) is -0.0218. The predicted octanol–water partition coefficient (Wildman–Crippen LogP) is -0.556. The van der Waals surface area contributed by atoms with E-state index < -0.39 is 22.3 Å². The minimum atomic E-state index is -3.71. The molecule has 6 nitrogen and oxygen atoms in total. The Kier molecular flexibility index (Phi) is 7.18. The van der Waals surface area contributed by atoms with Gasteiger partial charge in [0.15, 0.2) is 0 Å². The number of aliphatic hydroxyl groups excluding tert-OH is 2. The van der Waals surface area contributed by atoms with E-state index >= 15 is 0 Å². The van der Waals surface area contributed by atoms with E-state index in [2.05, 4.69) is 9.44 Å². The third-order valence-corrected chi connectivity index (χ3v) is 3.84. The third-order valence-electron chi connectivity index (χ3n) is 2.62. The van der Waals surface area contributed by atoms with Crippen molar-refractivity contribution < 1.29 is 18.6 Å². The zero-order valence-corrected chi connectivity index (χ0v) is 11.7. The van der Waals surface area contributed by atoms with E-state index in [-0.39, 0.29) is 25.0 Å². The second kappa shape index (κ2) is 7.27. The number of nitrogens with one attached hydrogen (secondary N) is 2. The quantitative estimate of drug-likeness (QED) is 0.474. The zero-order chi connectivity index (χ0) is 13.6. The normalized spacial score (nSPS) is 16.5. The van der Waals surface area contributed by atoms with Crippen molar-refractivity contribution in [1.29, 1.82) is 0 Å². The second-order valence-corrected chi connectivity index (χ2v) is 6.28. The third kappa shape index (κ3) is 6.32. The fraction of sp³-hybridized carbons (Fsp3) is 1.00. The number of aliphatic hydroxyl groups is 2. The van der Waals surface area contributed by atoms with Gasteiger partial charge < -0.3 is 10.2 Å². The summed E-state index contributed by atoms with van der Waals surface area (Å²) in [6, 6.07) is -1.06. The first-order valence-corrected chi connectivity index (χ1v) is 7.23. The van der Waals surface area contributed by atoms with Crippen LogP contribution < -0.4 is 9.44 Å². The van der Waals surface area contributed by atoms with Crippen molar-refractivity contribution in [3.63, 3.8) is 0 Å². The molecule has 0 aliphatic carbocycles. The lowest BCUT2D eigenvalue weighted by Crippen LogP contribution is -2.51. The van der Waals surface area contributed by atoms with Gasteiger partial charge in [-0.3, -0.25) is 0 Å². The maximum Gasteiger partial charge on any atom is 0.277 e. The van der Waals surface area contributed by atoms with Crippen molar-refractivity contribution in [2.45, 2.75) is 39.8 Å². The van der Waals surface area contributed by atoms with Crippen LogP contribution in [0.3, 0.4) is 0 Å². The number of hydrogen-bond donors (Lipinski definition) is 4. The fourth-order valence-electron chi connectivity index (χ4n) is 1.20. The highest BCUT2D eigenvalue weighted by atomic mass is 32.2. The minimum absolute atomic E-state index is 0.0109. The number of rotatable bonds is 8. The van der Waals surface area contributed by atoms with Crippen molar-refractivity contribution in [2.75, 3.05) is 13.2 Å². The summed E-state index contributed by atoms with van der Waals surface area (Å²) >= 11 is 0. The molecule has 7 heteroatoms. The minimum Gasteiger partial charge on any atom is -0.395 e. The molecule has 4 N–H and O–H groups in total. The van der Waals surface area contributed by atoms with Crippen LogP contribution in [0.4, 0.5) is 0 Å². The smallest absolute Gasteiger partial charge is 0.277 e. The van der Waals surface area contributed by atoms with Crippen LogP contribution in [0, 0.1) is 11.8 Å². The van der Waals surface area contributed by atoms with Crippen LogP contribution in [-0.2, 0) is 10.2 Å². The summed E-state index contributed by atoms with van der Waals surface area (Å²) in [6.45, 7) is 6.74. The van der Waals surface area contributed by atoms with E-state index in [1.165, 1.54) is 0 Å². The van der Waals surface area contributed by atoms with E-state index in [9.17, 15) is 8.42 Å². The van der Waals surface area contributed by atoms with Gasteiger partial charge in [-0.25, -0.2) is 0 Å². The Labute approximate surface area is 104 Å². The lowest BCUT2D eigenvalue weighted by Gasteiger charge is -2.24. The molecule has 0 fully saturated rings. The lowest BCUT2D eigenvalue weighted by atomic mass is 10.1. The molecule has 0 saturated heterocycles. The van der Waals surface area contributed by atoms with Crippen molar-refractivity contribution >= 4 is 10.2 Å². The maximum absolute atomic E-state index is 11.7. The van der Waals surface area contributed by atoms with Crippen molar-refractivity contribution in [3.8, 4) is 0 Å². The van der Waals surface area contributed by atoms with E-state index in [1.807, 2.05) is 27.7 Å². The highest BCUT2D eigenvalue weighted by Crippen LogP contribution is 2.05. The average molecular weight is 268 g/mol. The molecule has 0 amide bonds. The molecule has 0 saturated carbocycles. The Morgan fingerprint density at radius 2 is 1.18 bits per heavy atom. The molecule has 2 atom stereocenters. The topological polar surface area (TPSA) is 98.7 Å². The first-order valence-electron chi connectivity index (χ1n) is 5.74. The highest BCUT2D eigenvalue weighted by Gasteiger charge is 2.24. The molecule has 104 valence electrons. The van der Waals surface area contributed by atoms with Crippen LogP contribution in [0.15, 0.2) is 0 Å². The maximum atomic E-state index is 11.7. The molecular weight excluding hydrogens is 244 g/mol. The molecule has 0 unspecified atom stereocenters. The van der Waals surface area contributed by atoms with Gasteiger partial charge >= 0.3 is 0 Å². The second-order valence-electron chi connectivity index (χ2n) is 4.81. The Balaban J connectivity index is 4.57. The first kappa shape index (κ1) is 16.8. The molecule has 17 heavy (non-hydrogen) atoms. The van der Waals surface area contributed by atoms with Gasteiger partial charge in [-0.05, 0) is 11.8 Å².